The normalized spacial score (nSPS) is 21.0. The number of aromatic nitrogens is 2. The van der Waals surface area contributed by atoms with Crippen molar-refractivity contribution in [2.75, 3.05) is 18.1 Å². The Morgan fingerprint density at radius 1 is 1.62 bits per heavy atom. The van der Waals surface area contributed by atoms with E-state index in [1.165, 1.54) is 0 Å². The molecule has 2 rings (SSSR count). The first kappa shape index (κ1) is 11.7. The van der Waals surface area contributed by atoms with E-state index in [2.05, 4.69) is 9.97 Å². The molecule has 88 valence electrons. The summed E-state index contributed by atoms with van der Waals surface area (Å²) in [7, 11) is 0. The maximum Gasteiger partial charge on any atom is 0.254 e. The van der Waals surface area contributed by atoms with Gasteiger partial charge in [-0.3, -0.25) is 4.79 Å². The zero-order chi connectivity index (χ0) is 11.5. The fraction of sp³-hybridized carbons (Fsp3) is 0.636. The van der Waals surface area contributed by atoms with E-state index in [0.29, 0.717) is 5.82 Å². The van der Waals surface area contributed by atoms with Crippen molar-refractivity contribution in [1.82, 2.24) is 9.97 Å². The number of rotatable bonds is 2. The molecule has 1 aliphatic heterocycles. The molecule has 1 fully saturated rings. The van der Waals surface area contributed by atoms with Gasteiger partial charge in [-0.1, -0.05) is 6.92 Å². The number of nitrogens with one attached hydrogen (secondary N) is 1. The molecule has 0 aliphatic carbocycles. The zero-order valence-electron chi connectivity index (χ0n) is 9.58. The number of ether oxygens (including phenoxy) is 1. The van der Waals surface area contributed by atoms with Crippen molar-refractivity contribution in [3.8, 4) is 0 Å². The number of nitrogens with zero attached hydrogens (tertiary/aromatic N) is 1. The molecule has 16 heavy (non-hydrogen) atoms. The quantitative estimate of drug-likeness (QED) is 0.850. The second kappa shape index (κ2) is 5.01. The number of hydrogen-bond donors (Lipinski definition) is 1. The standard InChI is InChI=1S/C11H16N2O2S/c1-3-8-7(2)11(14)13-10(12-8)9-6-16-5-4-15-9/h9H,3-6H2,1-2H3,(H,12,13,14). The average Bonchev–Trinajstić information content (AvgIpc) is 2.33. The van der Waals surface area contributed by atoms with Crippen LogP contribution in [0.4, 0.5) is 0 Å². The highest BCUT2D eigenvalue weighted by Gasteiger charge is 2.20. The molecule has 2 heterocycles. The van der Waals surface area contributed by atoms with Gasteiger partial charge in [-0.2, -0.15) is 11.8 Å². The van der Waals surface area contributed by atoms with Crippen molar-refractivity contribution in [3.05, 3.63) is 27.4 Å². The summed E-state index contributed by atoms with van der Waals surface area (Å²) in [6.45, 7) is 4.55. The first-order chi connectivity index (χ1) is 7.72. The van der Waals surface area contributed by atoms with Crippen LogP contribution in [-0.4, -0.2) is 28.1 Å². The molecule has 0 radical (unpaired) electrons. The van der Waals surface area contributed by atoms with Gasteiger partial charge >= 0.3 is 0 Å². The van der Waals surface area contributed by atoms with Crippen molar-refractivity contribution in [1.29, 1.82) is 0 Å². The van der Waals surface area contributed by atoms with Crippen molar-refractivity contribution < 1.29 is 4.74 Å². The van der Waals surface area contributed by atoms with Gasteiger partial charge in [0.1, 0.15) is 11.9 Å². The van der Waals surface area contributed by atoms with Crippen LogP contribution in [0.15, 0.2) is 4.79 Å². The number of H-pyrrole nitrogens is 1. The van der Waals surface area contributed by atoms with Crippen LogP contribution in [0.25, 0.3) is 0 Å². The van der Waals surface area contributed by atoms with Crippen LogP contribution >= 0.6 is 11.8 Å². The lowest BCUT2D eigenvalue weighted by atomic mass is 10.2. The smallest absolute Gasteiger partial charge is 0.254 e. The number of hydrogen-bond acceptors (Lipinski definition) is 4. The van der Waals surface area contributed by atoms with Gasteiger partial charge in [-0.15, -0.1) is 0 Å². The lowest BCUT2D eigenvalue weighted by molar-refractivity contribution is 0.0690. The van der Waals surface area contributed by atoms with E-state index in [4.69, 9.17) is 4.74 Å². The van der Waals surface area contributed by atoms with Crippen LogP contribution in [0.1, 0.15) is 30.1 Å². The second-order valence-corrected chi connectivity index (χ2v) is 4.96. The molecule has 1 aliphatic rings. The lowest BCUT2D eigenvalue weighted by Crippen LogP contribution is -2.24. The third-order valence-electron chi connectivity index (χ3n) is 2.73. The van der Waals surface area contributed by atoms with E-state index < -0.39 is 0 Å². The molecule has 1 unspecified atom stereocenters. The first-order valence-corrected chi connectivity index (χ1v) is 6.67. The molecular formula is C11H16N2O2S. The van der Waals surface area contributed by atoms with Gasteiger partial charge in [-0.05, 0) is 13.3 Å². The van der Waals surface area contributed by atoms with Crippen LogP contribution in [-0.2, 0) is 11.2 Å². The predicted octanol–water partition coefficient (Wildman–Crippen LogP) is 1.45. The van der Waals surface area contributed by atoms with Gasteiger partial charge in [0.15, 0.2) is 0 Å². The predicted molar refractivity (Wildman–Crippen MR) is 65.0 cm³/mol. The Morgan fingerprint density at radius 3 is 3.06 bits per heavy atom. The monoisotopic (exact) mass is 240 g/mol. The summed E-state index contributed by atoms with van der Waals surface area (Å²) in [4.78, 5) is 19.0. The van der Waals surface area contributed by atoms with Crippen molar-refractivity contribution in [2.45, 2.75) is 26.4 Å². The summed E-state index contributed by atoms with van der Waals surface area (Å²) in [6.07, 6.45) is 0.722. The third-order valence-corrected chi connectivity index (χ3v) is 3.72. The summed E-state index contributed by atoms with van der Waals surface area (Å²) in [5.41, 5.74) is 1.55. The summed E-state index contributed by atoms with van der Waals surface area (Å²) in [6, 6.07) is 0. The molecule has 1 saturated heterocycles. The van der Waals surface area contributed by atoms with Crippen LogP contribution in [0.3, 0.4) is 0 Å². The minimum absolute atomic E-state index is 0.0407. The molecule has 0 spiro atoms. The van der Waals surface area contributed by atoms with Crippen LogP contribution in [0.2, 0.25) is 0 Å². The fourth-order valence-electron chi connectivity index (χ4n) is 1.74. The highest BCUT2D eigenvalue weighted by Crippen LogP contribution is 2.23. The Labute approximate surface area is 98.8 Å². The van der Waals surface area contributed by atoms with E-state index in [-0.39, 0.29) is 11.7 Å². The topological polar surface area (TPSA) is 55.0 Å². The molecule has 1 atom stereocenters. The highest BCUT2D eigenvalue weighted by atomic mass is 32.2. The van der Waals surface area contributed by atoms with Gasteiger partial charge in [0.25, 0.3) is 5.56 Å². The van der Waals surface area contributed by atoms with E-state index in [1.807, 2.05) is 25.6 Å². The SMILES string of the molecule is CCc1nc(C2CSCCO2)[nH]c(=O)c1C. The van der Waals surface area contributed by atoms with Gasteiger partial charge in [0, 0.05) is 17.1 Å². The fourth-order valence-corrected chi connectivity index (χ4v) is 2.59. The molecule has 1 N–H and O–H groups in total. The third kappa shape index (κ3) is 2.30. The minimum atomic E-state index is -0.0580. The molecule has 0 aromatic carbocycles. The Bertz CT molecular complexity index is 424. The van der Waals surface area contributed by atoms with E-state index in [0.717, 1.165) is 35.8 Å². The largest absolute Gasteiger partial charge is 0.369 e. The maximum atomic E-state index is 11.7. The molecule has 0 bridgehead atoms. The Hall–Kier alpha value is -0.810. The molecule has 0 saturated carbocycles. The first-order valence-electron chi connectivity index (χ1n) is 5.51. The molecule has 0 amide bonds. The molecular weight excluding hydrogens is 224 g/mol. The Kier molecular flexibility index (Phi) is 3.66. The van der Waals surface area contributed by atoms with E-state index in [9.17, 15) is 4.79 Å². The molecule has 1 aromatic heterocycles. The van der Waals surface area contributed by atoms with E-state index in [1.54, 1.807) is 0 Å². The molecule has 1 aromatic rings. The Morgan fingerprint density at radius 2 is 2.44 bits per heavy atom. The minimum Gasteiger partial charge on any atom is -0.369 e. The average molecular weight is 240 g/mol. The van der Waals surface area contributed by atoms with Crippen molar-refractivity contribution in [3.63, 3.8) is 0 Å². The lowest BCUT2D eigenvalue weighted by Gasteiger charge is -2.21. The Balaban J connectivity index is 2.33. The van der Waals surface area contributed by atoms with E-state index >= 15 is 0 Å². The highest BCUT2D eigenvalue weighted by molar-refractivity contribution is 7.99. The van der Waals surface area contributed by atoms with Gasteiger partial charge in [-0.25, -0.2) is 4.98 Å². The maximum absolute atomic E-state index is 11.7. The van der Waals surface area contributed by atoms with Crippen LogP contribution in [0, 0.1) is 6.92 Å². The summed E-state index contributed by atoms with van der Waals surface area (Å²) >= 11 is 1.83. The van der Waals surface area contributed by atoms with Crippen LogP contribution in [0.5, 0.6) is 0 Å². The number of thioether (sulfide) groups is 1. The van der Waals surface area contributed by atoms with Crippen molar-refractivity contribution in [2.24, 2.45) is 0 Å². The van der Waals surface area contributed by atoms with Crippen LogP contribution < -0.4 is 5.56 Å². The number of aryl methyl sites for hydroxylation is 1. The number of aromatic amines is 1. The second-order valence-electron chi connectivity index (χ2n) is 3.81. The summed E-state index contributed by atoms with van der Waals surface area (Å²) in [5, 5.41) is 0. The molecule has 4 nitrogen and oxygen atoms in total. The summed E-state index contributed by atoms with van der Waals surface area (Å²) < 4.78 is 5.60. The zero-order valence-corrected chi connectivity index (χ0v) is 10.4. The van der Waals surface area contributed by atoms with Crippen molar-refractivity contribution >= 4 is 11.8 Å². The summed E-state index contributed by atoms with van der Waals surface area (Å²) in [5.74, 6) is 2.57. The van der Waals surface area contributed by atoms with Gasteiger partial charge in [0.2, 0.25) is 0 Å². The van der Waals surface area contributed by atoms with Gasteiger partial charge in [0.05, 0.1) is 12.3 Å². The van der Waals surface area contributed by atoms with Gasteiger partial charge < -0.3 is 9.72 Å². The molecule has 5 heteroatoms.